The number of halogens is 6. The zero-order chi connectivity index (χ0) is 16.3. The Labute approximate surface area is 119 Å². The van der Waals surface area contributed by atoms with Crippen LogP contribution in [0, 0.1) is 0 Å². The van der Waals surface area contributed by atoms with Crippen molar-refractivity contribution in [1.29, 1.82) is 0 Å². The maximum absolute atomic E-state index is 12.0. The lowest BCUT2D eigenvalue weighted by molar-refractivity contribution is -0.274. The fraction of sp³-hybridized carbons (Fsp3) is 0.500. The minimum atomic E-state index is -4.82. The molecule has 120 valence electrons. The van der Waals surface area contributed by atoms with Crippen molar-refractivity contribution in [3.8, 4) is 5.75 Å². The van der Waals surface area contributed by atoms with Gasteiger partial charge in [-0.15, -0.1) is 13.2 Å². The zero-order valence-electron chi connectivity index (χ0n) is 10.8. The fourth-order valence-electron chi connectivity index (χ4n) is 1.49. The fourth-order valence-corrected chi connectivity index (χ4v) is 2.73. The Morgan fingerprint density at radius 1 is 1.10 bits per heavy atom. The second-order valence-electron chi connectivity index (χ2n) is 4.21. The van der Waals surface area contributed by atoms with E-state index in [1.165, 1.54) is 19.1 Å². The van der Waals surface area contributed by atoms with Crippen LogP contribution < -0.4 is 4.74 Å². The summed E-state index contributed by atoms with van der Waals surface area (Å²) in [5, 5.41) is -0.715. The molecule has 0 spiro atoms. The average Bonchev–Trinajstić information content (AvgIpc) is 2.33. The molecule has 0 fully saturated rings. The normalized spacial score (nSPS) is 15.6. The van der Waals surface area contributed by atoms with Gasteiger partial charge in [0.2, 0.25) is 0 Å². The molecule has 0 N–H and O–H groups in total. The van der Waals surface area contributed by atoms with Gasteiger partial charge in [0.25, 0.3) is 0 Å². The number of hydrogen-bond acceptors (Lipinski definition) is 2. The molecule has 0 saturated carbocycles. The summed E-state index contributed by atoms with van der Waals surface area (Å²) in [6.45, 7) is 1.45. The van der Waals surface area contributed by atoms with Gasteiger partial charge in [-0.1, -0.05) is 12.1 Å². The Morgan fingerprint density at radius 2 is 1.62 bits per heavy atom. The molecular formula is C12H12F6O2S. The molecular weight excluding hydrogens is 322 g/mol. The topological polar surface area (TPSA) is 26.3 Å². The molecule has 0 aliphatic heterocycles. The van der Waals surface area contributed by atoms with Crippen LogP contribution in [0.1, 0.15) is 24.2 Å². The van der Waals surface area contributed by atoms with Gasteiger partial charge in [0.15, 0.2) is 0 Å². The summed E-state index contributed by atoms with van der Waals surface area (Å²) in [6.07, 6.45) is -10.4. The minimum Gasteiger partial charge on any atom is -0.406 e. The lowest BCUT2D eigenvalue weighted by atomic mass is 10.1. The third kappa shape index (κ3) is 6.83. The molecule has 0 aromatic heterocycles. The van der Waals surface area contributed by atoms with Gasteiger partial charge >= 0.3 is 12.5 Å². The van der Waals surface area contributed by atoms with Crippen molar-refractivity contribution in [2.45, 2.75) is 31.1 Å². The number of benzene rings is 1. The summed E-state index contributed by atoms with van der Waals surface area (Å²) in [6, 6.07) is 4.55. The number of hydrogen-bond donors (Lipinski definition) is 0. The Kier molecular flexibility index (Phi) is 5.66. The predicted molar refractivity (Wildman–Crippen MR) is 65.2 cm³/mol. The number of alkyl halides is 6. The van der Waals surface area contributed by atoms with E-state index in [0.717, 1.165) is 12.1 Å². The van der Waals surface area contributed by atoms with Gasteiger partial charge in [0, 0.05) is 16.6 Å². The first kappa shape index (κ1) is 17.8. The van der Waals surface area contributed by atoms with Crippen LogP contribution >= 0.6 is 0 Å². The summed E-state index contributed by atoms with van der Waals surface area (Å²) >= 11 is 0. The van der Waals surface area contributed by atoms with Crippen LogP contribution in [0.3, 0.4) is 0 Å². The van der Waals surface area contributed by atoms with Crippen molar-refractivity contribution in [3.63, 3.8) is 0 Å². The Hall–Kier alpha value is -1.25. The molecule has 2 atom stereocenters. The van der Waals surface area contributed by atoms with E-state index in [4.69, 9.17) is 0 Å². The van der Waals surface area contributed by atoms with E-state index >= 15 is 0 Å². The average molecular weight is 334 g/mol. The van der Waals surface area contributed by atoms with Crippen LogP contribution in [0.2, 0.25) is 0 Å². The molecule has 0 amide bonds. The van der Waals surface area contributed by atoms with Gasteiger partial charge in [-0.05, 0) is 24.6 Å². The van der Waals surface area contributed by atoms with Gasteiger partial charge in [0.1, 0.15) is 5.75 Å². The van der Waals surface area contributed by atoms with Gasteiger partial charge < -0.3 is 4.74 Å². The molecule has 1 rings (SSSR count). The van der Waals surface area contributed by atoms with E-state index in [-0.39, 0.29) is 0 Å². The summed E-state index contributed by atoms with van der Waals surface area (Å²) in [5.41, 5.74) is 0.380. The lowest BCUT2D eigenvalue weighted by Crippen LogP contribution is -2.17. The maximum atomic E-state index is 12.0. The van der Waals surface area contributed by atoms with E-state index in [0.29, 0.717) is 5.56 Å². The molecule has 9 heteroatoms. The van der Waals surface area contributed by atoms with Gasteiger partial charge in [0.05, 0.1) is 11.7 Å². The molecule has 0 bridgehead atoms. The quantitative estimate of drug-likeness (QED) is 0.749. The lowest BCUT2D eigenvalue weighted by Gasteiger charge is -2.14. The van der Waals surface area contributed by atoms with Crippen LogP contribution in [0.15, 0.2) is 24.3 Å². The number of ether oxygens (including phenoxy) is 1. The van der Waals surface area contributed by atoms with E-state index in [2.05, 4.69) is 4.74 Å². The van der Waals surface area contributed by atoms with Crippen molar-refractivity contribution in [2.24, 2.45) is 0 Å². The highest BCUT2D eigenvalue weighted by Gasteiger charge is 2.31. The van der Waals surface area contributed by atoms with E-state index < -0.39 is 46.5 Å². The Balaban J connectivity index is 2.66. The minimum absolute atomic E-state index is 0.380. The summed E-state index contributed by atoms with van der Waals surface area (Å²) in [4.78, 5) is 0. The van der Waals surface area contributed by atoms with Crippen molar-refractivity contribution < 1.29 is 35.3 Å². The molecule has 0 saturated heterocycles. The van der Waals surface area contributed by atoms with Crippen LogP contribution in [0.5, 0.6) is 5.75 Å². The number of rotatable bonds is 5. The smallest absolute Gasteiger partial charge is 0.406 e. The van der Waals surface area contributed by atoms with Crippen molar-refractivity contribution in [2.75, 3.05) is 5.75 Å². The van der Waals surface area contributed by atoms with Crippen LogP contribution in [-0.4, -0.2) is 22.5 Å². The SMILES string of the molecule is C[C@H](c1ccc(OC(F)(F)F)cc1)[S@](=O)CCC(F)(F)F. The molecule has 0 radical (unpaired) electrons. The van der Waals surface area contributed by atoms with Crippen molar-refractivity contribution in [1.82, 2.24) is 0 Å². The Morgan fingerprint density at radius 3 is 2.05 bits per heavy atom. The third-order valence-electron chi connectivity index (χ3n) is 2.56. The standard InChI is InChI=1S/C12H12F6O2S/c1-8(21(19)7-6-11(13,14)15)9-2-4-10(5-3-9)20-12(16,17)18/h2-5,8H,6-7H2,1H3/t8-,21-/m1/s1. The molecule has 0 aliphatic rings. The molecule has 1 aromatic rings. The monoisotopic (exact) mass is 334 g/mol. The molecule has 0 heterocycles. The van der Waals surface area contributed by atoms with Crippen LogP contribution in [0.25, 0.3) is 0 Å². The summed E-state index contributed by atoms with van der Waals surface area (Å²) in [7, 11) is -1.77. The van der Waals surface area contributed by atoms with Crippen molar-refractivity contribution >= 4 is 10.8 Å². The summed E-state index contributed by atoms with van der Waals surface area (Å²) < 4.78 is 87.4. The van der Waals surface area contributed by atoms with E-state index in [9.17, 15) is 30.6 Å². The van der Waals surface area contributed by atoms with E-state index in [1.807, 2.05) is 0 Å². The van der Waals surface area contributed by atoms with Crippen LogP contribution in [0.4, 0.5) is 26.3 Å². The second kappa shape index (κ2) is 6.67. The first-order valence-electron chi connectivity index (χ1n) is 5.77. The predicted octanol–water partition coefficient (Wildman–Crippen LogP) is 4.35. The van der Waals surface area contributed by atoms with Crippen molar-refractivity contribution in [3.05, 3.63) is 29.8 Å². The molecule has 0 unspecified atom stereocenters. The zero-order valence-corrected chi connectivity index (χ0v) is 11.6. The van der Waals surface area contributed by atoms with E-state index in [1.54, 1.807) is 0 Å². The first-order valence-corrected chi connectivity index (χ1v) is 7.16. The first-order chi connectivity index (χ1) is 9.48. The van der Waals surface area contributed by atoms with Gasteiger partial charge in [-0.25, -0.2) is 0 Å². The third-order valence-corrected chi connectivity index (χ3v) is 4.23. The largest absolute Gasteiger partial charge is 0.573 e. The van der Waals surface area contributed by atoms with Gasteiger partial charge in [-0.2, -0.15) is 13.2 Å². The highest BCUT2D eigenvalue weighted by atomic mass is 32.2. The second-order valence-corrected chi connectivity index (χ2v) is 6.09. The molecule has 1 aromatic carbocycles. The summed E-state index contributed by atoms with van der Waals surface area (Å²) in [5.74, 6) is -0.995. The Bertz CT molecular complexity index is 480. The molecule has 21 heavy (non-hydrogen) atoms. The molecule has 2 nitrogen and oxygen atoms in total. The maximum Gasteiger partial charge on any atom is 0.573 e. The highest BCUT2D eigenvalue weighted by molar-refractivity contribution is 7.85. The van der Waals surface area contributed by atoms with Gasteiger partial charge in [-0.3, -0.25) is 4.21 Å². The van der Waals surface area contributed by atoms with Crippen LogP contribution in [-0.2, 0) is 10.8 Å². The highest BCUT2D eigenvalue weighted by Crippen LogP contribution is 2.27. The molecule has 0 aliphatic carbocycles.